The Bertz CT molecular complexity index is 630. The first-order chi connectivity index (χ1) is 11.6. The van der Waals surface area contributed by atoms with Crippen LogP contribution >= 0.6 is 23.4 Å². The Balaban J connectivity index is 2.72. The van der Waals surface area contributed by atoms with Crippen molar-refractivity contribution in [3.8, 4) is 0 Å². The van der Waals surface area contributed by atoms with E-state index in [2.05, 4.69) is 5.32 Å². The maximum absolute atomic E-state index is 12.2. The van der Waals surface area contributed by atoms with Crippen LogP contribution in [0.15, 0.2) is 24.3 Å². The fourth-order valence-electron chi connectivity index (χ4n) is 1.72. The minimum atomic E-state index is -0.997. The van der Waals surface area contributed by atoms with E-state index in [-0.39, 0.29) is 17.5 Å². The molecular weight excluding hydrogens is 366 g/mol. The molecule has 1 amide bonds. The van der Waals surface area contributed by atoms with Crippen LogP contribution in [-0.2, 0) is 14.3 Å². The van der Waals surface area contributed by atoms with Crippen LogP contribution in [0.25, 0.3) is 0 Å². The van der Waals surface area contributed by atoms with E-state index in [4.69, 9.17) is 21.1 Å². The highest BCUT2D eigenvalue weighted by Crippen LogP contribution is 2.18. The fourth-order valence-corrected chi connectivity index (χ4v) is 2.74. The van der Waals surface area contributed by atoms with E-state index in [0.717, 1.165) is 11.8 Å². The van der Waals surface area contributed by atoms with Gasteiger partial charge in [-0.2, -0.15) is 0 Å². The molecule has 0 bridgehead atoms. The quantitative estimate of drug-likeness (QED) is 0.750. The smallest absolute Gasteiger partial charge is 0.408 e. The monoisotopic (exact) mass is 387 g/mol. The van der Waals surface area contributed by atoms with Gasteiger partial charge in [0.05, 0.1) is 6.61 Å². The SMILES string of the molecule is CCOC(=O)C(CSC(=O)c1cccc(Cl)c1)NC(=O)OC(C)(C)C. The number of carbonyl (C=O) groups is 3. The van der Waals surface area contributed by atoms with Gasteiger partial charge in [0.2, 0.25) is 5.12 Å². The van der Waals surface area contributed by atoms with Gasteiger partial charge in [-0.15, -0.1) is 0 Å². The van der Waals surface area contributed by atoms with Crippen molar-refractivity contribution in [1.29, 1.82) is 0 Å². The number of nitrogens with one attached hydrogen (secondary N) is 1. The lowest BCUT2D eigenvalue weighted by Gasteiger charge is -2.22. The Morgan fingerprint density at radius 1 is 1.28 bits per heavy atom. The number of alkyl carbamates (subject to hydrolysis) is 1. The molecule has 0 spiro atoms. The lowest BCUT2D eigenvalue weighted by Crippen LogP contribution is -2.46. The van der Waals surface area contributed by atoms with Crippen LogP contribution in [0.4, 0.5) is 4.79 Å². The van der Waals surface area contributed by atoms with E-state index < -0.39 is 23.7 Å². The molecule has 0 saturated heterocycles. The molecule has 1 rings (SSSR count). The first kappa shape index (κ1) is 21.3. The third-order valence-corrected chi connectivity index (χ3v) is 3.94. The summed E-state index contributed by atoms with van der Waals surface area (Å²) < 4.78 is 10.1. The van der Waals surface area contributed by atoms with Gasteiger partial charge >= 0.3 is 12.1 Å². The molecule has 0 fully saturated rings. The number of esters is 1. The third-order valence-electron chi connectivity index (χ3n) is 2.70. The molecule has 6 nitrogen and oxygen atoms in total. The van der Waals surface area contributed by atoms with E-state index in [1.807, 2.05) is 0 Å². The predicted octanol–water partition coefficient (Wildman–Crippen LogP) is 3.67. The summed E-state index contributed by atoms with van der Waals surface area (Å²) in [6.45, 7) is 6.96. The van der Waals surface area contributed by atoms with Crippen molar-refractivity contribution in [3.05, 3.63) is 34.9 Å². The van der Waals surface area contributed by atoms with Crippen LogP contribution in [0.3, 0.4) is 0 Å². The molecule has 0 aromatic heterocycles. The minimum Gasteiger partial charge on any atom is -0.464 e. The molecule has 0 aliphatic heterocycles. The topological polar surface area (TPSA) is 81.7 Å². The molecule has 0 heterocycles. The summed E-state index contributed by atoms with van der Waals surface area (Å²) in [4.78, 5) is 36.1. The number of hydrogen-bond acceptors (Lipinski definition) is 6. The molecule has 138 valence electrons. The number of amides is 1. The average Bonchev–Trinajstić information content (AvgIpc) is 2.49. The first-order valence-electron chi connectivity index (χ1n) is 7.71. The summed E-state index contributed by atoms with van der Waals surface area (Å²) in [5.74, 6) is -0.608. The van der Waals surface area contributed by atoms with E-state index in [9.17, 15) is 14.4 Å². The average molecular weight is 388 g/mol. The van der Waals surface area contributed by atoms with Crippen LogP contribution in [0, 0.1) is 0 Å². The highest BCUT2D eigenvalue weighted by Gasteiger charge is 2.26. The number of halogens is 1. The van der Waals surface area contributed by atoms with E-state index in [1.165, 1.54) is 6.07 Å². The zero-order chi connectivity index (χ0) is 19.0. The molecular formula is C17H22ClNO5S. The summed E-state index contributed by atoms with van der Waals surface area (Å²) in [6, 6.07) is 5.49. The normalized spacial score (nSPS) is 12.2. The van der Waals surface area contributed by atoms with Gasteiger partial charge in [0.15, 0.2) is 0 Å². The molecule has 0 aliphatic rings. The van der Waals surface area contributed by atoms with Gasteiger partial charge in [-0.3, -0.25) is 4.79 Å². The summed E-state index contributed by atoms with van der Waals surface area (Å²) in [7, 11) is 0. The Hall–Kier alpha value is -1.73. The van der Waals surface area contributed by atoms with Crippen molar-refractivity contribution < 1.29 is 23.9 Å². The molecule has 25 heavy (non-hydrogen) atoms. The molecule has 1 aromatic rings. The molecule has 1 N–H and O–H groups in total. The molecule has 0 aliphatic carbocycles. The van der Waals surface area contributed by atoms with Crippen molar-refractivity contribution in [3.63, 3.8) is 0 Å². The van der Waals surface area contributed by atoms with Crippen molar-refractivity contribution >= 4 is 40.5 Å². The lowest BCUT2D eigenvalue weighted by atomic mass is 10.2. The highest BCUT2D eigenvalue weighted by atomic mass is 35.5. The third kappa shape index (κ3) is 8.27. The van der Waals surface area contributed by atoms with Gasteiger partial charge in [-0.05, 0) is 39.8 Å². The number of hydrogen-bond donors (Lipinski definition) is 1. The van der Waals surface area contributed by atoms with Crippen LogP contribution in [-0.4, -0.2) is 41.2 Å². The fraction of sp³-hybridized carbons (Fsp3) is 0.471. The Morgan fingerprint density at radius 3 is 2.52 bits per heavy atom. The molecule has 1 aromatic carbocycles. The van der Waals surface area contributed by atoms with Crippen LogP contribution in [0.5, 0.6) is 0 Å². The van der Waals surface area contributed by atoms with Gasteiger partial charge in [-0.25, -0.2) is 9.59 Å². The molecule has 0 radical (unpaired) electrons. The van der Waals surface area contributed by atoms with Gasteiger partial charge in [0.25, 0.3) is 0 Å². The molecule has 1 atom stereocenters. The predicted molar refractivity (Wildman–Crippen MR) is 98.0 cm³/mol. The second-order valence-electron chi connectivity index (χ2n) is 6.06. The van der Waals surface area contributed by atoms with Crippen LogP contribution < -0.4 is 5.32 Å². The maximum atomic E-state index is 12.2. The zero-order valence-electron chi connectivity index (χ0n) is 14.6. The Labute approximate surface area is 156 Å². The van der Waals surface area contributed by atoms with Crippen molar-refractivity contribution in [1.82, 2.24) is 5.32 Å². The van der Waals surface area contributed by atoms with E-state index in [1.54, 1.807) is 45.9 Å². The Morgan fingerprint density at radius 2 is 1.96 bits per heavy atom. The first-order valence-corrected chi connectivity index (χ1v) is 9.07. The van der Waals surface area contributed by atoms with Crippen molar-refractivity contribution in [2.24, 2.45) is 0 Å². The van der Waals surface area contributed by atoms with E-state index >= 15 is 0 Å². The van der Waals surface area contributed by atoms with Gasteiger partial charge in [0.1, 0.15) is 11.6 Å². The Kier molecular flexibility index (Phi) is 8.25. The van der Waals surface area contributed by atoms with E-state index in [0.29, 0.717) is 10.6 Å². The summed E-state index contributed by atoms with van der Waals surface area (Å²) in [5, 5.41) is 2.62. The van der Waals surface area contributed by atoms with Gasteiger partial charge in [0, 0.05) is 16.3 Å². The van der Waals surface area contributed by atoms with Crippen LogP contribution in [0.2, 0.25) is 5.02 Å². The largest absolute Gasteiger partial charge is 0.464 e. The zero-order valence-corrected chi connectivity index (χ0v) is 16.2. The van der Waals surface area contributed by atoms with Gasteiger partial charge in [-0.1, -0.05) is 35.5 Å². The highest BCUT2D eigenvalue weighted by molar-refractivity contribution is 8.14. The molecule has 1 unspecified atom stereocenters. The number of rotatable bonds is 6. The van der Waals surface area contributed by atoms with Crippen molar-refractivity contribution in [2.45, 2.75) is 39.3 Å². The number of ether oxygens (including phenoxy) is 2. The molecule has 0 saturated carbocycles. The summed E-state index contributed by atoms with van der Waals surface area (Å²) in [6.07, 6.45) is -0.749. The number of thioether (sulfide) groups is 1. The summed E-state index contributed by atoms with van der Waals surface area (Å²) >= 11 is 6.76. The summed E-state index contributed by atoms with van der Waals surface area (Å²) in [5.41, 5.74) is -0.287. The number of benzene rings is 1. The molecule has 8 heteroatoms. The minimum absolute atomic E-state index is 0.0173. The lowest BCUT2D eigenvalue weighted by molar-refractivity contribution is -0.144. The maximum Gasteiger partial charge on any atom is 0.408 e. The number of carbonyl (C=O) groups excluding carboxylic acids is 3. The second kappa shape index (κ2) is 9.68. The van der Waals surface area contributed by atoms with Crippen molar-refractivity contribution in [2.75, 3.05) is 12.4 Å². The standard InChI is InChI=1S/C17H22ClNO5S/c1-5-23-14(20)13(19-16(22)24-17(2,3)4)10-25-15(21)11-7-6-8-12(18)9-11/h6-9,13H,5,10H2,1-4H3,(H,19,22). The second-order valence-corrected chi connectivity index (χ2v) is 7.49. The van der Waals surface area contributed by atoms with Crippen LogP contribution in [0.1, 0.15) is 38.1 Å². The van der Waals surface area contributed by atoms with Gasteiger partial charge < -0.3 is 14.8 Å².